The highest BCUT2D eigenvalue weighted by Crippen LogP contribution is 2.29. The van der Waals surface area contributed by atoms with Crippen molar-refractivity contribution in [2.75, 3.05) is 30.4 Å². The summed E-state index contributed by atoms with van der Waals surface area (Å²) in [5.41, 5.74) is 13.2. The Morgan fingerprint density at radius 1 is 1.22 bits per heavy atom. The minimum atomic E-state index is -0.765. The van der Waals surface area contributed by atoms with Crippen molar-refractivity contribution in [2.24, 2.45) is 16.5 Å². The standard InChI is InChI=1S/C25H29ClFN7O2/c1-3-19(22(28)35)23(30-15-16-7-6-8-17(27)13-16)32-24(29)31-18-9-10-20(26)21(14-18)33(2)25(36)34-11-4-5-12-34/h3,6-10,13-14,30H,1,4-5,11-12,15H2,2H3,(H2,28,35)(H3,29,31,32)/b23-19+. The van der Waals surface area contributed by atoms with Gasteiger partial charge in [0.1, 0.15) is 11.6 Å². The second-order valence-corrected chi connectivity index (χ2v) is 8.55. The molecule has 0 atom stereocenters. The van der Waals surface area contributed by atoms with Crippen LogP contribution in [0.2, 0.25) is 5.02 Å². The number of nitrogens with one attached hydrogen (secondary N) is 2. The van der Waals surface area contributed by atoms with Gasteiger partial charge in [0, 0.05) is 32.4 Å². The maximum atomic E-state index is 13.5. The van der Waals surface area contributed by atoms with E-state index in [-0.39, 0.29) is 29.9 Å². The van der Waals surface area contributed by atoms with Gasteiger partial charge in [0.15, 0.2) is 5.96 Å². The van der Waals surface area contributed by atoms with Gasteiger partial charge >= 0.3 is 6.03 Å². The third-order valence-electron chi connectivity index (χ3n) is 5.55. The number of urea groups is 1. The van der Waals surface area contributed by atoms with Crippen LogP contribution >= 0.6 is 11.6 Å². The summed E-state index contributed by atoms with van der Waals surface area (Å²) in [5, 5.41) is 6.27. The SMILES string of the molecule is C=C/C(C(N)=O)=C(\N=C(N)Nc1ccc(Cl)c(N(C)C(=O)N2CCCC2)c1)NCc1cccc(F)c1. The van der Waals surface area contributed by atoms with Crippen molar-refractivity contribution in [3.05, 3.63) is 82.9 Å². The minimum absolute atomic E-state index is 0.00360. The molecule has 1 saturated heterocycles. The molecule has 3 rings (SSSR count). The molecule has 190 valence electrons. The number of nitrogens with two attached hydrogens (primary N) is 2. The molecule has 3 amide bonds. The van der Waals surface area contributed by atoms with Gasteiger partial charge < -0.3 is 27.0 Å². The van der Waals surface area contributed by atoms with Crippen molar-refractivity contribution in [1.29, 1.82) is 0 Å². The molecule has 1 aliphatic heterocycles. The van der Waals surface area contributed by atoms with E-state index >= 15 is 0 Å². The van der Waals surface area contributed by atoms with Gasteiger partial charge in [-0.05, 0) is 48.7 Å². The van der Waals surface area contributed by atoms with E-state index in [0.29, 0.717) is 35.1 Å². The summed E-state index contributed by atoms with van der Waals surface area (Å²) in [7, 11) is 1.66. The van der Waals surface area contributed by atoms with E-state index in [1.165, 1.54) is 23.1 Å². The smallest absolute Gasteiger partial charge is 0.324 e. The van der Waals surface area contributed by atoms with Crippen LogP contribution in [-0.2, 0) is 11.3 Å². The predicted octanol–water partition coefficient (Wildman–Crippen LogP) is 3.53. The van der Waals surface area contributed by atoms with Crippen molar-refractivity contribution < 1.29 is 14.0 Å². The van der Waals surface area contributed by atoms with Crippen LogP contribution in [0.5, 0.6) is 0 Å². The van der Waals surface area contributed by atoms with E-state index in [0.717, 1.165) is 12.8 Å². The van der Waals surface area contributed by atoms with Gasteiger partial charge in [0.25, 0.3) is 5.91 Å². The highest BCUT2D eigenvalue weighted by molar-refractivity contribution is 6.34. The van der Waals surface area contributed by atoms with Gasteiger partial charge in [-0.15, -0.1) is 0 Å². The lowest BCUT2D eigenvalue weighted by atomic mass is 10.2. The average molecular weight is 514 g/mol. The molecule has 2 aromatic rings. The fourth-order valence-electron chi connectivity index (χ4n) is 3.71. The molecule has 2 aromatic carbocycles. The molecule has 9 nitrogen and oxygen atoms in total. The van der Waals surface area contributed by atoms with E-state index in [4.69, 9.17) is 23.1 Å². The van der Waals surface area contributed by atoms with Crippen LogP contribution < -0.4 is 27.0 Å². The minimum Gasteiger partial charge on any atom is -0.369 e. The second kappa shape index (κ2) is 12.1. The molecule has 0 aromatic heterocycles. The third-order valence-corrected chi connectivity index (χ3v) is 5.87. The molecule has 11 heteroatoms. The monoisotopic (exact) mass is 513 g/mol. The summed E-state index contributed by atoms with van der Waals surface area (Å²) < 4.78 is 13.5. The third kappa shape index (κ3) is 6.76. The summed E-state index contributed by atoms with van der Waals surface area (Å²) in [5.74, 6) is -1.17. The Balaban J connectivity index is 1.82. The molecule has 0 saturated carbocycles. The van der Waals surface area contributed by atoms with Gasteiger partial charge in [0.2, 0.25) is 0 Å². The van der Waals surface area contributed by atoms with Gasteiger partial charge in [-0.3, -0.25) is 9.69 Å². The number of hydrogen-bond acceptors (Lipinski definition) is 4. The van der Waals surface area contributed by atoms with Crippen LogP contribution in [-0.4, -0.2) is 42.9 Å². The van der Waals surface area contributed by atoms with Crippen molar-refractivity contribution in [1.82, 2.24) is 10.2 Å². The Kier molecular flexibility index (Phi) is 8.91. The zero-order valence-electron chi connectivity index (χ0n) is 19.9. The topological polar surface area (TPSA) is 129 Å². The molecule has 0 aliphatic carbocycles. The van der Waals surface area contributed by atoms with Gasteiger partial charge in [0.05, 0.1) is 16.3 Å². The molecule has 6 N–H and O–H groups in total. The van der Waals surface area contributed by atoms with Crippen molar-refractivity contribution in [3.63, 3.8) is 0 Å². The lowest BCUT2D eigenvalue weighted by Crippen LogP contribution is -2.39. The largest absolute Gasteiger partial charge is 0.369 e. The van der Waals surface area contributed by atoms with Crippen molar-refractivity contribution in [3.8, 4) is 0 Å². The second-order valence-electron chi connectivity index (χ2n) is 8.14. The quantitative estimate of drug-likeness (QED) is 0.186. The fraction of sp³-hybridized carbons (Fsp3) is 0.240. The number of rotatable bonds is 8. The number of hydrogen-bond donors (Lipinski definition) is 4. The molecule has 36 heavy (non-hydrogen) atoms. The van der Waals surface area contributed by atoms with Crippen LogP contribution in [0, 0.1) is 5.82 Å². The molecule has 1 aliphatic rings. The van der Waals surface area contributed by atoms with E-state index in [1.807, 2.05) is 0 Å². The van der Waals surface area contributed by atoms with E-state index in [9.17, 15) is 14.0 Å². The summed E-state index contributed by atoms with van der Waals surface area (Å²) in [6.07, 6.45) is 3.21. The van der Waals surface area contributed by atoms with Crippen LogP contribution in [0.4, 0.5) is 20.6 Å². The summed E-state index contributed by atoms with van der Waals surface area (Å²) in [6.45, 7) is 5.18. The lowest BCUT2D eigenvalue weighted by molar-refractivity contribution is -0.114. The average Bonchev–Trinajstić information content (AvgIpc) is 3.38. The molecule has 1 fully saturated rings. The van der Waals surface area contributed by atoms with Gasteiger partial charge in [-0.1, -0.05) is 36.4 Å². The molecule has 1 heterocycles. The van der Waals surface area contributed by atoms with E-state index < -0.39 is 11.7 Å². The number of primary amides is 1. The number of benzene rings is 2. The first-order valence-electron chi connectivity index (χ1n) is 11.3. The number of halogens is 2. The Hall–Kier alpha value is -4.05. The summed E-state index contributed by atoms with van der Waals surface area (Å²) >= 11 is 6.36. The number of anilines is 2. The number of amides is 3. The zero-order chi connectivity index (χ0) is 26.2. The Morgan fingerprint density at radius 2 is 1.94 bits per heavy atom. The number of nitrogens with zero attached hydrogens (tertiary/aromatic N) is 3. The number of carbonyl (C=O) groups is 2. The highest BCUT2D eigenvalue weighted by Gasteiger charge is 2.23. The van der Waals surface area contributed by atoms with Crippen molar-refractivity contribution in [2.45, 2.75) is 19.4 Å². The zero-order valence-corrected chi connectivity index (χ0v) is 20.7. The highest BCUT2D eigenvalue weighted by atomic mass is 35.5. The number of guanidine groups is 1. The molecule has 0 unspecified atom stereocenters. The molecule has 0 radical (unpaired) electrons. The molecule has 0 spiro atoms. The molecule has 0 bridgehead atoms. The molecular formula is C25H29ClFN7O2. The molecular weight excluding hydrogens is 485 g/mol. The maximum Gasteiger partial charge on any atom is 0.324 e. The summed E-state index contributed by atoms with van der Waals surface area (Å²) in [4.78, 5) is 32.2. The fourth-order valence-corrected chi connectivity index (χ4v) is 3.95. The Labute approximate surface area is 214 Å². The summed E-state index contributed by atoms with van der Waals surface area (Å²) in [6, 6.07) is 10.8. The van der Waals surface area contributed by atoms with Gasteiger partial charge in [-0.25, -0.2) is 9.18 Å². The predicted molar refractivity (Wildman–Crippen MR) is 141 cm³/mol. The van der Waals surface area contributed by atoms with E-state index in [2.05, 4.69) is 22.2 Å². The van der Waals surface area contributed by atoms with Crippen LogP contribution in [0.3, 0.4) is 0 Å². The first-order valence-corrected chi connectivity index (χ1v) is 11.7. The number of carbonyl (C=O) groups excluding carboxylic acids is 2. The van der Waals surface area contributed by atoms with E-state index in [1.54, 1.807) is 42.3 Å². The van der Waals surface area contributed by atoms with Crippen LogP contribution in [0.15, 0.2) is 71.5 Å². The van der Waals surface area contributed by atoms with Crippen LogP contribution in [0.25, 0.3) is 0 Å². The van der Waals surface area contributed by atoms with Gasteiger partial charge in [-0.2, -0.15) is 4.99 Å². The van der Waals surface area contributed by atoms with Crippen molar-refractivity contribution >= 4 is 40.9 Å². The first-order chi connectivity index (χ1) is 17.2. The number of likely N-dealkylation sites (tertiary alicyclic amines) is 1. The van der Waals surface area contributed by atoms with Crippen LogP contribution in [0.1, 0.15) is 18.4 Å². The maximum absolute atomic E-state index is 13.5. The normalized spacial score (nSPS) is 14.2. The first kappa shape index (κ1) is 26.6. The Bertz CT molecular complexity index is 1210. The number of aliphatic imine (C=N–C) groups is 1. The lowest BCUT2D eigenvalue weighted by Gasteiger charge is -2.25. The Morgan fingerprint density at radius 3 is 2.58 bits per heavy atom.